The molecule has 2 atom stereocenters. The highest BCUT2D eigenvalue weighted by Crippen LogP contribution is 2.23. The summed E-state index contributed by atoms with van der Waals surface area (Å²) in [7, 11) is 0. The summed E-state index contributed by atoms with van der Waals surface area (Å²) in [4.78, 5) is 0. The molecule has 1 saturated carbocycles. The minimum absolute atomic E-state index is 0.544. The fourth-order valence-corrected chi connectivity index (χ4v) is 1.95. The standard InChI is InChI=1S/C8H15NO/c1-3-7-8(4-1)10-6-2-5-9-7/h7-9H,1-6H2. The van der Waals surface area contributed by atoms with Crippen molar-refractivity contribution in [3.8, 4) is 0 Å². The zero-order valence-corrected chi connectivity index (χ0v) is 6.31. The third-order valence-electron chi connectivity index (χ3n) is 2.51. The van der Waals surface area contributed by atoms with Gasteiger partial charge in [-0.05, 0) is 32.2 Å². The van der Waals surface area contributed by atoms with E-state index in [0.29, 0.717) is 12.1 Å². The lowest BCUT2D eigenvalue weighted by Gasteiger charge is -2.16. The van der Waals surface area contributed by atoms with Gasteiger partial charge in [0.05, 0.1) is 6.10 Å². The van der Waals surface area contributed by atoms with Crippen LogP contribution in [0.2, 0.25) is 0 Å². The number of ether oxygens (including phenoxy) is 1. The van der Waals surface area contributed by atoms with Gasteiger partial charge in [0.2, 0.25) is 0 Å². The summed E-state index contributed by atoms with van der Waals surface area (Å²) in [5.41, 5.74) is 0. The van der Waals surface area contributed by atoms with Crippen molar-refractivity contribution in [3.05, 3.63) is 0 Å². The predicted octanol–water partition coefficient (Wildman–Crippen LogP) is 0.917. The topological polar surface area (TPSA) is 21.3 Å². The third kappa shape index (κ3) is 1.18. The second kappa shape index (κ2) is 2.89. The van der Waals surface area contributed by atoms with Crippen LogP contribution in [0.4, 0.5) is 0 Å². The lowest BCUT2D eigenvalue weighted by Crippen LogP contribution is -2.34. The zero-order valence-electron chi connectivity index (χ0n) is 6.31. The Hall–Kier alpha value is -0.0800. The Morgan fingerprint density at radius 2 is 2.20 bits per heavy atom. The summed E-state index contributed by atoms with van der Waals surface area (Å²) < 4.78 is 5.66. The van der Waals surface area contributed by atoms with Gasteiger partial charge in [-0.3, -0.25) is 0 Å². The van der Waals surface area contributed by atoms with Gasteiger partial charge in [-0.15, -0.1) is 0 Å². The third-order valence-corrected chi connectivity index (χ3v) is 2.51. The highest BCUT2D eigenvalue weighted by Gasteiger charge is 2.28. The molecule has 0 aromatic rings. The molecule has 0 aromatic heterocycles. The fourth-order valence-electron chi connectivity index (χ4n) is 1.95. The van der Waals surface area contributed by atoms with Gasteiger partial charge in [0.25, 0.3) is 0 Å². The van der Waals surface area contributed by atoms with Gasteiger partial charge in [0.15, 0.2) is 0 Å². The molecule has 10 heavy (non-hydrogen) atoms. The van der Waals surface area contributed by atoms with Crippen LogP contribution >= 0.6 is 0 Å². The van der Waals surface area contributed by atoms with Crippen molar-refractivity contribution in [2.24, 2.45) is 0 Å². The van der Waals surface area contributed by atoms with E-state index in [2.05, 4.69) is 5.32 Å². The quantitative estimate of drug-likeness (QED) is 0.541. The van der Waals surface area contributed by atoms with Crippen LogP contribution in [0.3, 0.4) is 0 Å². The van der Waals surface area contributed by atoms with Crippen molar-refractivity contribution in [1.82, 2.24) is 5.32 Å². The van der Waals surface area contributed by atoms with Gasteiger partial charge < -0.3 is 10.1 Å². The molecule has 2 aliphatic rings. The normalized spacial score (nSPS) is 40.8. The summed E-state index contributed by atoms with van der Waals surface area (Å²) in [5, 5.41) is 3.52. The highest BCUT2D eigenvalue weighted by molar-refractivity contribution is 4.85. The van der Waals surface area contributed by atoms with Crippen LogP contribution in [-0.2, 0) is 4.74 Å². The minimum atomic E-state index is 0.544. The average Bonchev–Trinajstić information content (AvgIpc) is 2.28. The lowest BCUT2D eigenvalue weighted by atomic mass is 10.2. The van der Waals surface area contributed by atoms with E-state index in [0.717, 1.165) is 13.2 Å². The smallest absolute Gasteiger partial charge is 0.0728 e. The fraction of sp³-hybridized carbons (Fsp3) is 1.00. The molecule has 0 aromatic carbocycles. The SMILES string of the molecule is C1CNC2CCCC2OC1. The summed E-state index contributed by atoms with van der Waals surface area (Å²) in [6.07, 6.45) is 5.68. The molecule has 2 rings (SSSR count). The molecule has 0 spiro atoms. The van der Waals surface area contributed by atoms with E-state index in [1.165, 1.54) is 25.7 Å². The van der Waals surface area contributed by atoms with E-state index < -0.39 is 0 Å². The molecule has 58 valence electrons. The molecule has 2 heteroatoms. The van der Waals surface area contributed by atoms with Gasteiger partial charge in [0.1, 0.15) is 0 Å². The Morgan fingerprint density at radius 1 is 1.20 bits per heavy atom. The van der Waals surface area contributed by atoms with Crippen LogP contribution < -0.4 is 5.32 Å². The van der Waals surface area contributed by atoms with E-state index >= 15 is 0 Å². The average molecular weight is 141 g/mol. The number of rotatable bonds is 0. The maximum atomic E-state index is 5.66. The van der Waals surface area contributed by atoms with Gasteiger partial charge in [0, 0.05) is 12.6 Å². The van der Waals surface area contributed by atoms with E-state index in [1.807, 2.05) is 0 Å². The first kappa shape index (κ1) is 6.62. The van der Waals surface area contributed by atoms with Crippen molar-refractivity contribution in [2.45, 2.75) is 37.8 Å². The van der Waals surface area contributed by atoms with Crippen LogP contribution in [-0.4, -0.2) is 25.3 Å². The molecule has 1 aliphatic heterocycles. The van der Waals surface area contributed by atoms with Crippen LogP contribution in [0, 0.1) is 0 Å². The molecule has 1 heterocycles. The summed E-state index contributed by atoms with van der Waals surface area (Å²) >= 11 is 0. The minimum Gasteiger partial charge on any atom is -0.377 e. The monoisotopic (exact) mass is 141 g/mol. The molecule has 2 unspecified atom stereocenters. The number of fused-ring (bicyclic) bond motifs is 1. The predicted molar refractivity (Wildman–Crippen MR) is 40.0 cm³/mol. The van der Waals surface area contributed by atoms with Crippen molar-refractivity contribution in [3.63, 3.8) is 0 Å². The van der Waals surface area contributed by atoms with Crippen LogP contribution in [0.5, 0.6) is 0 Å². The Bertz CT molecular complexity index is 104. The second-order valence-corrected chi connectivity index (χ2v) is 3.25. The number of nitrogens with one attached hydrogen (secondary N) is 1. The van der Waals surface area contributed by atoms with Gasteiger partial charge >= 0.3 is 0 Å². The Labute approximate surface area is 61.9 Å². The van der Waals surface area contributed by atoms with Crippen molar-refractivity contribution in [2.75, 3.05) is 13.2 Å². The Kier molecular flexibility index (Phi) is 1.91. The Morgan fingerprint density at radius 3 is 3.20 bits per heavy atom. The lowest BCUT2D eigenvalue weighted by molar-refractivity contribution is 0.0562. The molecule has 0 amide bonds. The molecule has 2 fully saturated rings. The summed E-state index contributed by atoms with van der Waals surface area (Å²) in [5.74, 6) is 0. The second-order valence-electron chi connectivity index (χ2n) is 3.25. The Balaban J connectivity index is 1.95. The van der Waals surface area contributed by atoms with Gasteiger partial charge in [-0.1, -0.05) is 0 Å². The van der Waals surface area contributed by atoms with E-state index in [4.69, 9.17) is 4.74 Å². The molecule has 0 radical (unpaired) electrons. The first-order valence-corrected chi connectivity index (χ1v) is 4.32. The highest BCUT2D eigenvalue weighted by atomic mass is 16.5. The molecule has 2 nitrogen and oxygen atoms in total. The van der Waals surface area contributed by atoms with Crippen LogP contribution in [0.1, 0.15) is 25.7 Å². The van der Waals surface area contributed by atoms with Gasteiger partial charge in [-0.2, -0.15) is 0 Å². The van der Waals surface area contributed by atoms with Crippen LogP contribution in [0.15, 0.2) is 0 Å². The maximum absolute atomic E-state index is 5.66. The first-order chi connectivity index (χ1) is 4.97. The molecule has 0 bridgehead atoms. The number of hydrogen-bond donors (Lipinski definition) is 1. The van der Waals surface area contributed by atoms with Crippen molar-refractivity contribution < 1.29 is 4.74 Å². The molecule has 1 N–H and O–H groups in total. The van der Waals surface area contributed by atoms with Crippen molar-refractivity contribution >= 4 is 0 Å². The maximum Gasteiger partial charge on any atom is 0.0728 e. The van der Waals surface area contributed by atoms with E-state index in [-0.39, 0.29) is 0 Å². The molecular formula is C8H15NO. The largest absolute Gasteiger partial charge is 0.377 e. The summed E-state index contributed by atoms with van der Waals surface area (Å²) in [6.45, 7) is 2.12. The van der Waals surface area contributed by atoms with Crippen LogP contribution in [0.25, 0.3) is 0 Å². The van der Waals surface area contributed by atoms with E-state index in [9.17, 15) is 0 Å². The molecule has 1 aliphatic carbocycles. The van der Waals surface area contributed by atoms with Gasteiger partial charge in [-0.25, -0.2) is 0 Å². The van der Waals surface area contributed by atoms with E-state index in [1.54, 1.807) is 0 Å². The zero-order chi connectivity index (χ0) is 6.81. The summed E-state index contributed by atoms with van der Waals surface area (Å²) in [6, 6.07) is 0.683. The molecular weight excluding hydrogens is 126 g/mol. The number of hydrogen-bond acceptors (Lipinski definition) is 2. The van der Waals surface area contributed by atoms with Crippen molar-refractivity contribution in [1.29, 1.82) is 0 Å². The first-order valence-electron chi connectivity index (χ1n) is 4.32. The molecule has 1 saturated heterocycles.